The molecule has 8 rings (SSSR count). The summed E-state index contributed by atoms with van der Waals surface area (Å²) in [4.78, 5) is 4.16. The molecule has 0 fully saturated rings. The van der Waals surface area contributed by atoms with E-state index in [1.807, 2.05) is 46.5 Å². The highest BCUT2D eigenvalue weighted by Gasteiger charge is 2.30. The molecule has 3 aromatic carbocycles. The molecule has 0 saturated heterocycles. The number of thiophene rings is 2. The van der Waals surface area contributed by atoms with Crippen molar-refractivity contribution in [2.45, 2.75) is 12.2 Å². The van der Waals surface area contributed by atoms with Crippen molar-refractivity contribution < 1.29 is 19.3 Å². The van der Waals surface area contributed by atoms with Gasteiger partial charge in [-0.3, -0.25) is 10.4 Å². The molecule has 0 aliphatic rings. The highest BCUT2D eigenvalue weighted by atomic mass is 127. The van der Waals surface area contributed by atoms with E-state index in [2.05, 4.69) is 50.9 Å². The van der Waals surface area contributed by atoms with E-state index in [-0.39, 0.29) is 11.3 Å². The van der Waals surface area contributed by atoms with Gasteiger partial charge in [-0.1, -0.05) is 63.7 Å². The zero-order valence-corrected chi connectivity index (χ0v) is 35.4. The molecule has 0 amide bonds. The second kappa shape index (κ2) is 16.5. The van der Waals surface area contributed by atoms with E-state index in [9.17, 15) is 10.2 Å². The summed E-state index contributed by atoms with van der Waals surface area (Å²) < 4.78 is 10.8. The number of fused-ring (bicyclic) bond motifs is 1. The molecule has 5 heterocycles. The van der Waals surface area contributed by atoms with E-state index in [0.29, 0.717) is 69.2 Å². The lowest BCUT2D eigenvalue weighted by Gasteiger charge is -2.17. The van der Waals surface area contributed by atoms with E-state index in [0.717, 1.165) is 30.6 Å². The second-order valence-corrected chi connectivity index (χ2v) is 17.9. The fourth-order valence-electron chi connectivity index (χ4n) is 6.38. The Labute approximate surface area is 362 Å². The Bertz CT molecular complexity index is 2790. The molecule has 0 radical (unpaired) electrons. The van der Waals surface area contributed by atoms with Crippen LogP contribution in [0.25, 0.3) is 44.4 Å². The van der Waals surface area contributed by atoms with Crippen molar-refractivity contribution in [1.29, 1.82) is 5.41 Å². The first-order valence-corrected chi connectivity index (χ1v) is 21.1. The maximum Gasteiger partial charge on any atom is 0.229 e. The number of aromatic nitrogens is 3. The van der Waals surface area contributed by atoms with Crippen molar-refractivity contribution in [3.63, 3.8) is 0 Å². The molecule has 5 aromatic heterocycles. The summed E-state index contributed by atoms with van der Waals surface area (Å²) in [5.74, 6) is 0.420. The van der Waals surface area contributed by atoms with E-state index in [1.165, 1.54) is 0 Å². The van der Waals surface area contributed by atoms with E-state index < -0.39 is 12.2 Å². The molecule has 0 spiro atoms. The first-order chi connectivity index (χ1) is 27.0. The van der Waals surface area contributed by atoms with E-state index in [1.54, 1.807) is 78.5 Å². The van der Waals surface area contributed by atoms with Crippen LogP contribution in [0.1, 0.15) is 40.0 Å². The summed E-state index contributed by atoms with van der Waals surface area (Å²) in [5.41, 5.74) is 5.59. The Kier molecular flexibility index (Phi) is 11.5. The number of hydrogen-bond donors (Lipinski definition) is 3. The second-order valence-electron chi connectivity index (χ2n) is 12.6. The smallest absolute Gasteiger partial charge is 0.229 e. The largest absolute Gasteiger partial charge is 0.384 e. The SMILES string of the molecule is N=C(C(=Cc1ccc(Cl)c(-[n+]2cccc(C(O)c3c(-c4csc5ccc(I)cc45)noc3-c3ccc(Cl)cc3)c2)c1)C(O)c1cccnc1)c1cc(Cl)sc1Cl. The van der Waals surface area contributed by atoms with Crippen molar-refractivity contribution in [1.82, 2.24) is 10.1 Å². The van der Waals surface area contributed by atoms with Crippen LogP contribution in [0, 0.1) is 8.98 Å². The summed E-state index contributed by atoms with van der Waals surface area (Å²) >= 11 is 30.9. The van der Waals surface area contributed by atoms with Crippen LogP contribution in [0.5, 0.6) is 0 Å². The lowest BCUT2D eigenvalue weighted by atomic mass is 9.93. The lowest BCUT2D eigenvalue weighted by Crippen LogP contribution is -2.31. The van der Waals surface area contributed by atoms with Gasteiger partial charge < -0.3 is 14.7 Å². The number of nitrogens with one attached hydrogen (secondary N) is 1. The fourth-order valence-corrected chi connectivity index (χ4v) is 9.61. The van der Waals surface area contributed by atoms with Gasteiger partial charge in [-0.25, -0.2) is 0 Å². The number of pyridine rings is 2. The Morgan fingerprint density at radius 2 is 1.73 bits per heavy atom. The van der Waals surface area contributed by atoms with Gasteiger partial charge in [-0.15, -0.1) is 22.7 Å². The minimum absolute atomic E-state index is 0.0120. The minimum atomic E-state index is -1.20. The molecule has 56 heavy (non-hydrogen) atoms. The molecule has 0 aliphatic carbocycles. The van der Waals surface area contributed by atoms with Gasteiger partial charge in [-0.2, -0.15) is 4.57 Å². The van der Waals surface area contributed by atoms with Gasteiger partial charge in [0.2, 0.25) is 5.69 Å². The van der Waals surface area contributed by atoms with Crippen LogP contribution < -0.4 is 4.57 Å². The quantitative estimate of drug-likeness (QED) is 0.0719. The molecular formula is C42H26Cl4IN4O3S2+. The monoisotopic (exact) mass is 965 g/mol. The van der Waals surface area contributed by atoms with Crippen LogP contribution in [0.2, 0.25) is 18.7 Å². The maximum atomic E-state index is 12.3. The number of aliphatic hydroxyl groups is 2. The van der Waals surface area contributed by atoms with Crippen molar-refractivity contribution in [3.8, 4) is 28.3 Å². The molecule has 8 aromatic rings. The lowest BCUT2D eigenvalue weighted by molar-refractivity contribution is -0.596. The van der Waals surface area contributed by atoms with Crippen molar-refractivity contribution in [2.75, 3.05) is 0 Å². The average Bonchev–Trinajstić information content (AvgIpc) is 3.93. The van der Waals surface area contributed by atoms with Gasteiger partial charge in [0.15, 0.2) is 18.2 Å². The first-order valence-electron chi connectivity index (χ1n) is 16.8. The number of halogens is 5. The van der Waals surface area contributed by atoms with Crippen LogP contribution in [0.3, 0.4) is 0 Å². The van der Waals surface area contributed by atoms with E-state index in [4.69, 9.17) is 56.3 Å². The van der Waals surface area contributed by atoms with Crippen LogP contribution in [0.4, 0.5) is 0 Å². The van der Waals surface area contributed by atoms with Gasteiger partial charge in [0, 0.05) is 82.0 Å². The molecule has 278 valence electrons. The number of benzene rings is 3. The molecule has 2 unspecified atom stereocenters. The summed E-state index contributed by atoms with van der Waals surface area (Å²) in [6, 6.07) is 27.5. The van der Waals surface area contributed by atoms with Gasteiger partial charge in [0.05, 0.1) is 15.6 Å². The molecular weight excluding hydrogens is 941 g/mol. The topological polar surface area (TPSA) is 107 Å². The Balaban J connectivity index is 1.22. The first kappa shape index (κ1) is 38.9. The van der Waals surface area contributed by atoms with Crippen LogP contribution in [-0.2, 0) is 0 Å². The highest BCUT2D eigenvalue weighted by molar-refractivity contribution is 14.1. The van der Waals surface area contributed by atoms with Gasteiger partial charge in [0.1, 0.15) is 27.3 Å². The van der Waals surface area contributed by atoms with E-state index >= 15 is 0 Å². The van der Waals surface area contributed by atoms with Crippen molar-refractivity contribution >= 4 is 114 Å². The number of rotatable bonds is 10. The predicted molar refractivity (Wildman–Crippen MR) is 236 cm³/mol. The average molecular weight is 968 g/mol. The molecule has 7 nitrogen and oxygen atoms in total. The summed E-state index contributed by atoms with van der Waals surface area (Å²) in [6.07, 6.45) is 6.14. The van der Waals surface area contributed by atoms with Crippen LogP contribution in [-0.4, -0.2) is 26.1 Å². The number of nitrogens with zero attached hydrogens (tertiary/aromatic N) is 3. The Hall–Kier alpha value is -3.95. The summed E-state index contributed by atoms with van der Waals surface area (Å²) in [7, 11) is 0. The van der Waals surface area contributed by atoms with Crippen molar-refractivity contribution in [2.24, 2.45) is 0 Å². The van der Waals surface area contributed by atoms with Gasteiger partial charge in [0.25, 0.3) is 0 Å². The third-order valence-corrected chi connectivity index (χ3v) is 12.8. The van der Waals surface area contributed by atoms with Crippen LogP contribution >= 0.6 is 91.7 Å². The van der Waals surface area contributed by atoms with Crippen molar-refractivity contribution in [3.05, 3.63) is 177 Å². The zero-order chi connectivity index (χ0) is 39.1. The highest BCUT2D eigenvalue weighted by Crippen LogP contribution is 2.43. The van der Waals surface area contributed by atoms with Gasteiger partial charge >= 0.3 is 0 Å². The summed E-state index contributed by atoms with van der Waals surface area (Å²) in [5, 5.41) is 41.6. The normalized spacial score (nSPS) is 12.9. The molecule has 0 saturated carbocycles. The third kappa shape index (κ3) is 7.83. The molecule has 0 aliphatic heterocycles. The minimum Gasteiger partial charge on any atom is -0.384 e. The Morgan fingerprint density at radius 1 is 0.929 bits per heavy atom. The number of aliphatic hydroxyl groups excluding tert-OH is 2. The predicted octanol–water partition coefficient (Wildman–Crippen LogP) is 12.4. The van der Waals surface area contributed by atoms with Crippen LogP contribution in [0.15, 0.2) is 131 Å². The fraction of sp³-hybridized carbons (Fsp3) is 0.0476. The Morgan fingerprint density at radius 3 is 2.48 bits per heavy atom. The number of hydrogen-bond acceptors (Lipinski definition) is 8. The maximum absolute atomic E-state index is 12.3. The molecule has 0 bridgehead atoms. The zero-order valence-electron chi connectivity index (χ0n) is 28.6. The van der Waals surface area contributed by atoms with Gasteiger partial charge in [-0.05, 0) is 101 Å². The molecule has 3 N–H and O–H groups in total. The standard InChI is InChI=1S/C42H26Cl4IN4O3S2/c43-26-8-6-23(7-9-26)41-36(38(50-54-41)31-21-55-34-12-10-27(47)17-28(31)34)40(53)25-4-2-14-51(20-25)33-16-22(5-11-32(33)44)15-29(39(52)24-3-1-13-49-19-24)37(48)30-18-35(45)56-42(30)46/h1-21,39-40,48,52-53H/q+1. The third-order valence-electron chi connectivity index (χ3n) is 9.12. The summed E-state index contributed by atoms with van der Waals surface area (Å²) in [6.45, 7) is 0. The molecule has 2 atom stereocenters. The molecule has 14 heteroatoms.